The van der Waals surface area contributed by atoms with Crippen LogP contribution in [0.5, 0.6) is 0 Å². The highest BCUT2D eigenvalue weighted by molar-refractivity contribution is 8.42. The first-order valence-electron chi connectivity index (χ1n) is 9.35. The Morgan fingerprint density at radius 1 is 0.433 bits per heavy atom. The fourth-order valence-electron chi connectivity index (χ4n) is 2.13. The minimum absolute atomic E-state index is 0.642. The van der Waals surface area contributed by atoms with E-state index in [1.165, 1.54) is 46.0 Å². The summed E-state index contributed by atoms with van der Waals surface area (Å²) in [5.74, 6) is 9.91. The van der Waals surface area contributed by atoms with E-state index in [9.17, 15) is 0 Å². The molecule has 0 fully saturated rings. The minimum Gasteiger partial charge on any atom is -0.165 e. The molecule has 0 saturated carbocycles. The van der Waals surface area contributed by atoms with E-state index >= 15 is 0 Å². The fraction of sp³-hybridized carbons (Fsp3) is 0.778. The van der Waals surface area contributed by atoms with Crippen LogP contribution in [0.2, 0.25) is 0 Å². The summed E-state index contributed by atoms with van der Waals surface area (Å²) in [6.07, 6.45) is 8.86. The van der Waals surface area contributed by atoms with Gasteiger partial charge in [0.2, 0.25) is 0 Å². The first-order valence-corrected chi connectivity index (χ1v) is 22.4. The Balaban J connectivity index is 1.95. The molecule has 0 aromatic carbocycles. The van der Waals surface area contributed by atoms with Crippen molar-refractivity contribution in [1.29, 1.82) is 0 Å². The fourth-order valence-corrected chi connectivity index (χ4v) is 18.5. The van der Waals surface area contributed by atoms with Crippen LogP contribution in [0.15, 0.2) is 16.9 Å². The predicted octanol–water partition coefficient (Wildman–Crippen LogP) is 9.24. The molecule has 0 N–H and O–H groups in total. The molecular weight excluding hydrogens is 601 g/mol. The van der Waals surface area contributed by atoms with Crippen molar-refractivity contribution in [3.63, 3.8) is 0 Å². The molecule has 0 atom stereocenters. The van der Waals surface area contributed by atoms with Crippen molar-refractivity contribution < 1.29 is 0 Å². The van der Waals surface area contributed by atoms with Gasteiger partial charge in [-0.1, -0.05) is 0 Å². The maximum Gasteiger partial charge on any atom is 0.0825 e. The van der Waals surface area contributed by atoms with Crippen molar-refractivity contribution in [1.82, 2.24) is 0 Å². The van der Waals surface area contributed by atoms with Crippen molar-refractivity contribution in [3.05, 3.63) is 16.9 Å². The van der Waals surface area contributed by atoms with E-state index < -0.39 is 0 Å². The molecule has 2 rings (SSSR count). The van der Waals surface area contributed by atoms with Crippen molar-refractivity contribution in [2.75, 3.05) is 71.0 Å². The summed E-state index contributed by atoms with van der Waals surface area (Å²) in [6, 6.07) is 0. The first-order chi connectivity index (χ1) is 14.7. The Morgan fingerprint density at radius 2 is 0.667 bits per heavy atom. The second kappa shape index (κ2) is 18.9. The molecule has 0 spiro atoms. The quantitative estimate of drug-likeness (QED) is 0.141. The molecule has 0 nitrogen and oxygen atoms in total. The van der Waals surface area contributed by atoms with Gasteiger partial charge in [0.25, 0.3) is 0 Å². The Morgan fingerprint density at radius 3 is 0.867 bits per heavy atom. The van der Waals surface area contributed by atoms with E-state index in [1.54, 1.807) is 16.9 Å². The van der Waals surface area contributed by atoms with Crippen molar-refractivity contribution in [2.45, 2.75) is 9.16 Å². The summed E-state index contributed by atoms with van der Waals surface area (Å²) >= 11 is 24.9. The molecule has 0 bridgehead atoms. The SMILES string of the molecule is CSCCSC1=C(SCCSC)SC(C2SC(SCCSC)=C(SCCSC)S2)S1. The number of thioether (sulfide) groups is 12. The van der Waals surface area contributed by atoms with Gasteiger partial charge < -0.3 is 0 Å². The highest BCUT2D eigenvalue weighted by atomic mass is 32.3. The average molecular weight is 631 g/mol. The monoisotopic (exact) mass is 630 g/mol. The second-order valence-corrected chi connectivity index (χ2v) is 20.3. The van der Waals surface area contributed by atoms with E-state index in [0.717, 1.165) is 0 Å². The first kappa shape index (κ1) is 29.9. The average Bonchev–Trinajstić information content (AvgIpc) is 3.33. The van der Waals surface area contributed by atoms with Crippen molar-refractivity contribution >= 4 is 141 Å². The zero-order chi connectivity index (χ0) is 21.6. The normalized spacial score (nSPS) is 18.4. The van der Waals surface area contributed by atoms with Crippen molar-refractivity contribution in [2.24, 2.45) is 0 Å². The number of hydrogen-bond donors (Lipinski definition) is 0. The van der Waals surface area contributed by atoms with Gasteiger partial charge in [-0.2, -0.15) is 47.0 Å². The smallest absolute Gasteiger partial charge is 0.0825 e. The van der Waals surface area contributed by atoms with Crippen LogP contribution < -0.4 is 0 Å². The molecule has 2 aliphatic rings. The summed E-state index contributed by atoms with van der Waals surface area (Å²) < 4.78 is 7.70. The Hall–Kier alpha value is 3.68. The summed E-state index contributed by atoms with van der Waals surface area (Å²) in [6.45, 7) is 0. The van der Waals surface area contributed by atoms with Gasteiger partial charge in [-0.15, -0.1) is 94.1 Å². The predicted molar refractivity (Wildman–Crippen MR) is 175 cm³/mol. The lowest BCUT2D eigenvalue weighted by Gasteiger charge is -2.16. The molecule has 0 amide bonds. The molecule has 2 aliphatic heterocycles. The van der Waals surface area contributed by atoms with E-state index in [1.807, 2.05) is 47.0 Å². The van der Waals surface area contributed by atoms with Crippen LogP contribution >= 0.6 is 141 Å². The number of rotatable bonds is 17. The summed E-state index contributed by atoms with van der Waals surface area (Å²) in [5, 5.41) is 0. The molecule has 0 saturated heterocycles. The molecule has 0 aromatic heterocycles. The van der Waals surface area contributed by atoms with Crippen LogP contribution in [0.25, 0.3) is 0 Å². The maximum absolute atomic E-state index is 2.21. The van der Waals surface area contributed by atoms with Crippen LogP contribution in [-0.4, -0.2) is 80.2 Å². The van der Waals surface area contributed by atoms with Crippen LogP contribution in [0.4, 0.5) is 0 Å². The molecule has 0 unspecified atom stereocenters. The highest BCUT2D eigenvalue weighted by Gasteiger charge is 2.38. The lowest BCUT2D eigenvalue weighted by molar-refractivity contribution is 1.39. The van der Waals surface area contributed by atoms with Crippen LogP contribution in [0.3, 0.4) is 0 Å². The third-order valence-electron chi connectivity index (χ3n) is 3.53. The molecule has 0 radical (unpaired) electrons. The largest absolute Gasteiger partial charge is 0.165 e. The van der Waals surface area contributed by atoms with Gasteiger partial charge in [-0.3, -0.25) is 0 Å². The van der Waals surface area contributed by atoms with Crippen molar-refractivity contribution in [3.8, 4) is 0 Å². The summed E-state index contributed by atoms with van der Waals surface area (Å²) in [4.78, 5) is 0. The summed E-state index contributed by atoms with van der Waals surface area (Å²) in [5.41, 5.74) is 0. The zero-order valence-electron chi connectivity index (χ0n) is 17.7. The van der Waals surface area contributed by atoms with Gasteiger partial charge >= 0.3 is 0 Å². The lowest BCUT2D eigenvalue weighted by Crippen LogP contribution is -2.07. The minimum atomic E-state index is 0.642. The topological polar surface area (TPSA) is 0 Å². The van der Waals surface area contributed by atoms with E-state index in [-0.39, 0.29) is 0 Å². The van der Waals surface area contributed by atoms with Gasteiger partial charge in [-0.05, 0) is 25.0 Å². The summed E-state index contributed by atoms with van der Waals surface area (Å²) in [7, 11) is 0. The molecular formula is C18H30S12. The third kappa shape index (κ3) is 11.2. The van der Waals surface area contributed by atoms with Gasteiger partial charge in [0, 0.05) is 46.0 Å². The third-order valence-corrected chi connectivity index (χ3v) is 19.6. The highest BCUT2D eigenvalue weighted by Crippen LogP contribution is 2.64. The Labute approximate surface area is 235 Å². The molecule has 12 heteroatoms. The van der Waals surface area contributed by atoms with E-state index in [2.05, 4.69) is 119 Å². The lowest BCUT2D eigenvalue weighted by atomic mass is 10.9. The Bertz CT molecular complexity index is 457. The van der Waals surface area contributed by atoms with E-state index in [0.29, 0.717) is 9.16 Å². The molecule has 30 heavy (non-hydrogen) atoms. The van der Waals surface area contributed by atoms with Gasteiger partial charge in [0.1, 0.15) is 0 Å². The van der Waals surface area contributed by atoms with Gasteiger partial charge in [0.15, 0.2) is 0 Å². The van der Waals surface area contributed by atoms with E-state index in [4.69, 9.17) is 0 Å². The molecule has 0 aromatic rings. The molecule has 2 heterocycles. The van der Waals surface area contributed by atoms with Gasteiger partial charge in [-0.25, -0.2) is 0 Å². The van der Waals surface area contributed by atoms with Crippen LogP contribution in [0, 0.1) is 0 Å². The number of hydrogen-bond acceptors (Lipinski definition) is 12. The standard InChI is InChI=1S/C18H30S12/c1-19-5-9-23-13-14(24-10-6-20-2)28-17(27-13)18-29-15(25-11-7-21-3)16(30-18)26-12-8-22-4/h17-18H,5-12H2,1-4H3. The maximum atomic E-state index is 2.21. The molecule has 174 valence electrons. The Kier molecular flexibility index (Phi) is 18.8. The van der Waals surface area contributed by atoms with Gasteiger partial charge in [0.05, 0.1) is 26.1 Å². The molecule has 0 aliphatic carbocycles. The zero-order valence-corrected chi connectivity index (χ0v) is 27.5. The van der Waals surface area contributed by atoms with Crippen LogP contribution in [0.1, 0.15) is 0 Å². The second-order valence-electron chi connectivity index (χ2n) is 5.72. The van der Waals surface area contributed by atoms with Crippen LogP contribution in [-0.2, 0) is 0 Å².